The van der Waals surface area contributed by atoms with Crippen molar-refractivity contribution >= 4 is 17.9 Å². The number of carbonyl (C=O) groups excluding carboxylic acids is 1. The van der Waals surface area contributed by atoms with E-state index in [1.807, 2.05) is 0 Å². The molecule has 0 aliphatic carbocycles. The van der Waals surface area contributed by atoms with Gasteiger partial charge in [0.15, 0.2) is 29.3 Å². The molecule has 0 atom stereocenters. The van der Waals surface area contributed by atoms with Gasteiger partial charge in [0.2, 0.25) is 12.5 Å². The van der Waals surface area contributed by atoms with Gasteiger partial charge in [0, 0.05) is 22.6 Å². The molecule has 0 N–H and O–H groups in total. The molecule has 7 heteroatoms. The number of aldehydes is 1. The van der Waals surface area contributed by atoms with Crippen LogP contribution in [0.2, 0.25) is 0 Å². The van der Waals surface area contributed by atoms with Gasteiger partial charge in [0.05, 0.1) is 21.3 Å². The number of benzene rings is 2. The second-order valence-electron chi connectivity index (χ2n) is 5.22. The minimum Gasteiger partial charge on any atom is -0.493 e. The first-order chi connectivity index (χ1) is 12.2. The van der Waals surface area contributed by atoms with Crippen molar-refractivity contribution in [3.05, 3.63) is 29.3 Å². The summed E-state index contributed by atoms with van der Waals surface area (Å²) in [5.74, 6) is 2.62. The summed E-state index contributed by atoms with van der Waals surface area (Å²) in [6, 6.07) is 5.15. The van der Waals surface area contributed by atoms with Crippen LogP contribution in [0.1, 0.15) is 15.9 Å². The molecule has 132 valence electrons. The molecular formula is C18H17ClO6. The van der Waals surface area contributed by atoms with Crippen molar-refractivity contribution in [2.45, 2.75) is 5.88 Å². The van der Waals surface area contributed by atoms with Crippen LogP contribution in [0, 0.1) is 0 Å². The SMILES string of the molecule is COc1cc(CCl)c(-c2cc3c(cc2C=O)OCO3)c(OC)c1OC. The maximum Gasteiger partial charge on any atom is 0.231 e. The first kappa shape index (κ1) is 17.2. The molecule has 1 aliphatic rings. The quantitative estimate of drug-likeness (QED) is 0.575. The van der Waals surface area contributed by atoms with E-state index in [2.05, 4.69) is 0 Å². The second-order valence-corrected chi connectivity index (χ2v) is 5.49. The summed E-state index contributed by atoms with van der Waals surface area (Å²) in [7, 11) is 4.57. The van der Waals surface area contributed by atoms with Crippen LogP contribution < -0.4 is 23.7 Å². The number of halogens is 1. The highest BCUT2D eigenvalue weighted by Crippen LogP contribution is 2.49. The number of hydrogen-bond donors (Lipinski definition) is 0. The lowest BCUT2D eigenvalue weighted by atomic mass is 9.94. The number of alkyl halides is 1. The second kappa shape index (κ2) is 7.11. The minimum atomic E-state index is 0.114. The van der Waals surface area contributed by atoms with E-state index in [-0.39, 0.29) is 12.7 Å². The number of ether oxygens (including phenoxy) is 5. The van der Waals surface area contributed by atoms with Gasteiger partial charge < -0.3 is 23.7 Å². The Labute approximate surface area is 150 Å². The highest BCUT2D eigenvalue weighted by molar-refractivity contribution is 6.17. The third kappa shape index (κ3) is 2.82. The van der Waals surface area contributed by atoms with Gasteiger partial charge >= 0.3 is 0 Å². The molecule has 2 aromatic rings. The molecule has 2 aromatic carbocycles. The maximum atomic E-state index is 11.7. The van der Waals surface area contributed by atoms with Crippen LogP contribution in [0.3, 0.4) is 0 Å². The maximum absolute atomic E-state index is 11.7. The van der Waals surface area contributed by atoms with Crippen LogP contribution in [0.15, 0.2) is 18.2 Å². The van der Waals surface area contributed by atoms with Crippen LogP contribution >= 0.6 is 11.6 Å². The number of fused-ring (bicyclic) bond motifs is 1. The Kier molecular flexibility index (Phi) is 4.90. The highest BCUT2D eigenvalue weighted by atomic mass is 35.5. The average Bonchev–Trinajstić information content (AvgIpc) is 3.12. The van der Waals surface area contributed by atoms with Crippen LogP contribution in [0.25, 0.3) is 11.1 Å². The summed E-state index contributed by atoms with van der Waals surface area (Å²) >= 11 is 6.15. The summed E-state index contributed by atoms with van der Waals surface area (Å²) < 4.78 is 27.2. The molecule has 0 spiro atoms. The molecule has 0 saturated carbocycles. The van der Waals surface area contributed by atoms with E-state index in [1.165, 1.54) is 21.3 Å². The Morgan fingerprint density at radius 3 is 2.28 bits per heavy atom. The Morgan fingerprint density at radius 2 is 1.72 bits per heavy atom. The molecular weight excluding hydrogens is 348 g/mol. The number of carbonyl (C=O) groups is 1. The van der Waals surface area contributed by atoms with E-state index in [4.69, 9.17) is 35.3 Å². The lowest BCUT2D eigenvalue weighted by Gasteiger charge is -2.20. The fourth-order valence-electron chi connectivity index (χ4n) is 2.88. The normalized spacial score (nSPS) is 12.0. The van der Waals surface area contributed by atoms with Gasteiger partial charge in [-0.15, -0.1) is 11.6 Å². The molecule has 0 bridgehead atoms. The molecule has 0 saturated heterocycles. The van der Waals surface area contributed by atoms with E-state index < -0.39 is 0 Å². The topological polar surface area (TPSA) is 63.2 Å². The molecule has 0 aromatic heterocycles. The van der Waals surface area contributed by atoms with E-state index >= 15 is 0 Å². The fourth-order valence-corrected chi connectivity index (χ4v) is 3.09. The summed E-state index contributed by atoms with van der Waals surface area (Å²) in [5.41, 5.74) is 2.43. The van der Waals surface area contributed by atoms with Crippen molar-refractivity contribution < 1.29 is 28.5 Å². The summed E-state index contributed by atoms with van der Waals surface area (Å²) in [6.45, 7) is 0.114. The van der Waals surface area contributed by atoms with E-state index in [0.717, 1.165) is 11.8 Å². The highest BCUT2D eigenvalue weighted by Gasteiger charge is 2.26. The first-order valence-corrected chi connectivity index (χ1v) is 7.98. The molecule has 6 nitrogen and oxygen atoms in total. The Balaban J connectivity index is 2.35. The number of hydrogen-bond acceptors (Lipinski definition) is 6. The zero-order valence-electron chi connectivity index (χ0n) is 14.1. The van der Waals surface area contributed by atoms with Crippen LogP contribution in [0.5, 0.6) is 28.7 Å². The average molecular weight is 365 g/mol. The lowest BCUT2D eigenvalue weighted by Crippen LogP contribution is -2.01. The van der Waals surface area contributed by atoms with Crippen molar-refractivity contribution in [2.24, 2.45) is 0 Å². The molecule has 3 rings (SSSR count). The van der Waals surface area contributed by atoms with Crippen molar-refractivity contribution in [3.63, 3.8) is 0 Å². The molecule has 1 heterocycles. The van der Waals surface area contributed by atoms with Crippen molar-refractivity contribution in [2.75, 3.05) is 28.1 Å². The van der Waals surface area contributed by atoms with E-state index in [9.17, 15) is 4.79 Å². The standard InChI is InChI=1S/C18H17ClO6/c1-21-15-4-10(7-19)16(18(23-3)17(15)22-2)12-6-14-13(24-9-25-14)5-11(12)8-20/h4-6,8H,7,9H2,1-3H3. The minimum absolute atomic E-state index is 0.114. The van der Waals surface area contributed by atoms with Crippen LogP contribution in [-0.4, -0.2) is 34.4 Å². The van der Waals surface area contributed by atoms with E-state index in [1.54, 1.807) is 18.2 Å². The zero-order valence-corrected chi connectivity index (χ0v) is 14.8. The smallest absolute Gasteiger partial charge is 0.231 e. The number of rotatable bonds is 6. The van der Waals surface area contributed by atoms with Crippen LogP contribution in [0.4, 0.5) is 0 Å². The third-order valence-electron chi connectivity index (χ3n) is 4.00. The van der Waals surface area contributed by atoms with Gasteiger partial charge in [0.25, 0.3) is 0 Å². The fraction of sp³-hybridized carbons (Fsp3) is 0.278. The van der Waals surface area contributed by atoms with Gasteiger partial charge in [-0.1, -0.05) is 0 Å². The molecule has 1 aliphatic heterocycles. The Hall–Kier alpha value is -2.60. The zero-order chi connectivity index (χ0) is 18.0. The molecule has 0 amide bonds. The summed E-state index contributed by atoms with van der Waals surface area (Å²) in [4.78, 5) is 11.7. The number of methoxy groups -OCH3 is 3. The summed E-state index contributed by atoms with van der Waals surface area (Å²) in [6.07, 6.45) is 0.755. The predicted octanol–water partition coefficient (Wildman–Crippen LogP) is 3.66. The Morgan fingerprint density at radius 1 is 1.04 bits per heavy atom. The van der Waals surface area contributed by atoms with Gasteiger partial charge in [-0.05, 0) is 23.8 Å². The van der Waals surface area contributed by atoms with Gasteiger partial charge in [0.1, 0.15) is 0 Å². The molecule has 0 unspecified atom stereocenters. The van der Waals surface area contributed by atoms with Crippen molar-refractivity contribution in [1.82, 2.24) is 0 Å². The van der Waals surface area contributed by atoms with Crippen molar-refractivity contribution in [3.8, 4) is 39.9 Å². The van der Waals surface area contributed by atoms with Gasteiger partial charge in [-0.3, -0.25) is 4.79 Å². The predicted molar refractivity (Wildman–Crippen MR) is 92.6 cm³/mol. The summed E-state index contributed by atoms with van der Waals surface area (Å²) in [5, 5.41) is 0. The third-order valence-corrected chi connectivity index (χ3v) is 4.28. The lowest BCUT2D eigenvalue weighted by molar-refractivity contribution is 0.112. The Bertz CT molecular complexity index is 818. The van der Waals surface area contributed by atoms with Crippen molar-refractivity contribution in [1.29, 1.82) is 0 Å². The largest absolute Gasteiger partial charge is 0.493 e. The van der Waals surface area contributed by atoms with Gasteiger partial charge in [-0.25, -0.2) is 0 Å². The molecule has 25 heavy (non-hydrogen) atoms. The molecule has 0 fully saturated rings. The van der Waals surface area contributed by atoms with Crippen LogP contribution in [-0.2, 0) is 5.88 Å². The first-order valence-electron chi connectivity index (χ1n) is 7.45. The van der Waals surface area contributed by atoms with Gasteiger partial charge in [-0.2, -0.15) is 0 Å². The monoisotopic (exact) mass is 364 g/mol. The molecule has 0 radical (unpaired) electrons. The van der Waals surface area contributed by atoms with E-state index in [0.29, 0.717) is 45.4 Å².